The average Bonchev–Trinajstić information content (AvgIpc) is 2.58. The van der Waals surface area contributed by atoms with Crippen molar-refractivity contribution in [1.82, 2.24) is 10.3 Å². The molecule has 0 saturated heterocycles. The zero-order valence-corrected chi connectivity index (χ0v) is 15.2. The number of guanidine groups is 1. The molecule has 0 radical (unpaired) electrons. The fraction of sp³-hybridized carbons (Fsp3) is 0.0667. The number of hydrogen-bond acceptors (Lipinski definition) is 9. The SMILES string of the molecule is N#CNC1=NC(c2c(Br)ccc(Cl)c2O)c2c(nc(N)c(C#N)c2N)N1. The molecule has 11 heteroatoms. The van der Waals surface area contributed by atoms with E-state index in [1.807, 2.05) is 6.07 Å². The van der Waals surface area contributed by atoms with Crippen LogP contribution in [0, 0.1) is 22.8 Å². The minimum atomic E-state index is -0.893. The second-order valence-electron chi connectivity index (χ2n) is 5.19. The zero-order chi connectivity index (χ0) is 19.0. The number of pyridine rings is 1. The summed E-state index contributed by atoms with van der Waals surface area (Å²) in [6.45, 7) is 0. The van der Waals surface area contributed by atoms with Crippen molar-refractivity contribution in [2.24, 2.45) is 4.99 Å². The summed E-state index contributed by atoms with van der Waals surface area (Å²) in [6, 6.07) is 4.16. The number of nitriles is 2. The molecule has 2 aromatic rings. The molecule has 130 valence electrons. The van der Waals surface area contributed by atoms with E-state index < -0.39 is 6.04 Å². The Morgan fingerprint density at radius 2 is 2.04 bits per heavy atom. The summed E-state index contributed by atoms with van der Waals surface area (Å²) in [6.07, 6.45) is 1.75. The molecule has 26 heavy (non-hydrogen) atoms. The predicted molar refractivity (Wildman–Crippen MR) is 100 cm³/mol. The Balaban J connectivity index is 2.35. The standard InChI is InChI=1S/C15H10BrClN8O/c16-6-1-2-7(17)12(26)8(6)11-9-10(20)5(3-18)13(21)24-14(9)25-15(23-11)22-4-19/h1-2,11,26H,(H6,20,21,22,23,24,25). The van der Waals surface area contributed by atoms with Crippen molar-refractivity contribution >= 4 is 50.8 Å². The number of rotatable bonds is 1. The van der Waals surface area contributed by atoms with Gasteiger partial charge in [-0.15, -0.1) is 0 Å². The Morgan fingerprint density at radius 3 is 2.69 bits per heavy atom. The van der Waals surface area contributed by atoms with Crippen LogP contribution in [-0.2, 0) is 0 Å². The minimum absolute atomic E-state index is 0.0000766. The normalized spacial score (nSPS) is 15.1. The molecule has 1 unspecified atom stereocenters. The largest absolute Gasteiger partial charge is 0.506 e. The summed E-state index contributed by atoms with van der Waals surface area (Å²) in [4.78, 5) is 8.50. The van der Waals surface area contributed by atoms with Crippen molar-refractivity contribution in [3.63, 3.8) is 0 Å². The molecular formula is C15H10BrClN8O. The number of hydrogen-bond donors (Lipinski definition) is 5. The molecule has 7 N–H and O–H groups in total. The highest BCUT2D eigenvalue weighted by atomic mass is 79.9. The molecule has 9 nitrogen and oxygen atoms in total. The molecular weight excluding hydrogens is 424 g/mol. The quantitative estimate of drug-likeness (QED) is 0.336. The van der Waals surface area contributed by atoms with E-state index in [4.69, 9.17) is 28.3 Å². The molecule has 1 aromatic carbocycles. The van der Waals surface area contributed by atoms with Crippen molar-refractivity contribution in [1.29, 1.82) is 10.5 Å². The smallest absolute Gasteiger partial charge is 0.211 e. The van der Waals surface area contributed by atoms with E-state index in [1.54, 1.807) is 12.3 Å². The third kappa shape index (κ3) is 2.71. The number of nitrogens with two attached hydrogens (primary N) is 2. The number of nitrogen functional groups attached to an aromatic ring is 2. The maximum absolute atomic E-state index is 10.5. The van der Waals surface area contributed by atoms with Crippen molar-refractivity contribution < 1.29 is 5.11 Å². The van der Waals surface area contributed by atoms with Gasteiger partial charge in [0.1, 0.15) is 35.1 Å². The van der Waals surface area contributed by atoms with Crippen molar-refractivity contribution in [3.05, 3.63) is 38.3 Å². The van der Waals surface area contributed by atoms with Crippen LogP contribution in [0.1, 0.15) is 22.7 Å². The highest BCUT2D eigenvalue weighted by Crippen LogP contribution is 2.47. The Morgan fingerprint density at radius 1 is 1.31 bits per heavy atom. The molecule has 0 fully saturated rings. The van der Waals surface area contributed by atoms with Crippen LogP contribution in [0.4, 0.5) is 17.3 Å². The van der Waals surface area contributed by atoms with E-state index in [2.05, 4.69) is 36.5 Å². The Labute approximate surface area is 161 Å². The molecule has 1 aromatic heterocycles. The first-order valence-corrected chi connectivity index (χ1v) is 8.21. The number of aliphatic imine (C=N–C) groups is 1. The van der Waals surface area contributed by atoms with Gasteiger partial charge >= 0.3 is 0 Å². The van der Waals surface area contributed by atoms with Crippen LogP contribution < -0.4 is 22.1 Å². The Kier molecular flexibility index (Phi) is 4.47. The fourth-order valence-electron chi connectivity index (χ4n) is 2.61. The molecule has 3 rings (SSSR count). The van der Waals surface area contributed by atoms with Crippen LogP contribution in [0.2, 0.25) is 5.02 Å². The highest BCUT2D eigenvalue weighted by Gasteiger charge is 2.32. The first-order valence-electron chi connectivity index (χ1n) is 7.04. The van der Waals surface area contributed by atoms with Gasteiger partial charge in [-0.25, -0.2) is 9.98 Å². The van der Waals surface area contributed by atoms with Gasteiger partial charge in [0.05, 0.1) is 10.7 Å². The lowest BCUT2D eigenvalue weighted by Gasteiger charge is -2.27. The second kappa shape index (κ2) is 6.59. The van der Waals surface area contributed by atoms with Gasteiger partial charge in [-0.2, -0.15) is 10.5 Å². The zero-order valence-electron chi connectivity index (χ0n) is 12.9. The van der Waals surface area contributed by atoms with E-state index in [-0.39, 0.29) is 39.6 Å². The van der Waals surface area contributed by atoms with E-state index in [0.717, 1.165) is 0 Å². The van der Waals surface area contributed by atoms with E-state index in [1.165, 1.54) is 6.07 Å². The maximum Gasteiger partial charge on any atom is 0.211 e. The highest BCUT2D eigenvalue weighted by molar-refractivity contribution is 9.10. The first-order chi connectivity index (χ1) is 12.4. The van der Waals surface area contributed by atoms with Gasteiger partial charge in [0.25, 0.3) is 0 Å². The number of phenols is 1. The molecule has 0 spiro atoms. The molecule has 2 heterocycles. The molecule has 0 amide bonds. The van der Waals surface area contributed by atoms with Crippen molar-refractivity contribution in [3.8, 4) is 18.0 Å². The number of aromatic hydroxyl groups is 1. The molecule has 0 aliphatic carbocycles. The van der Waals surface area contributed by atoms with Crippen LogP contribution >= 0.6 is 27.5 Å². The minimum Gasteiger partial charge on any atom is -0.506 e. The van der Waals surface area contributed by atoms with Crippen LogP contribution in [0.25, 0.3) is 0 Å². The third-order valence-corrected chi connectivity index (χ3v) is 4.74. The number of fused-ring (bicyclic) bond motifs is 1. The Bertz CT molecular complexity index is 1040. The average molecular weight is 434 g/mol. The molecule has 1 aliphatic rings. The first kappa shape index (κ1) is 17.6. The summed E-state index contributed by atoms with van der Waals surface area (Å²) in [5.41, 5.74) is 12.6. The van der Waals surface area contributed by atoms with E-state index in [0.29, 0.717) is 15.6 Å². The lowest BCUT2D eigenvalue weighted by Crippen LogP contribution is -2.32. The van der Waals surface area contributed by atoms with Crippen LogP contribution in [-0.4, -0.2) is 16.1 Å². The van der Waals surface area contributed by atoms with Gasteiger partial charge in [0, 0.05) is 15.6 Å². The Hall–Kier alpha value is -3.21. The monoisotopic (exact) mass is 432 g/mol. The van der Waals surface area contributed by atoms with Gasteiger partial charge in [-0.1, -0.05) is 27.5 Å². The lowest BCUT2D eigenvalue weighted by atomic mass is 9.94. The van der Waals surface area contributed by atoms with Crippen molar-refractivity contribution in [2.75, 3.05) is 16.8 Å². The second-order valence-corrected chi connectivity index (χ2v) is 6.45. The lowest BCUT2D eigenvalue weighted by molar-refractivity contribution is 0.465. The third-order valence-electron chi connectivity index (χ3n) is 3.75. The number of benzene rings is 1. The van der Waals surface area contributed by atoms with Gasteiger partial charge < -0.3 is 21.9 Å². The van der Waals surface area contributed by atoms with Crippen LogP contribution in [0.5, 0.6) is 5.75 Å². The van der Waals surface area contributed by atoms with Gasteiger partial charge in [0.15, 0.2) is 6.19 Å². The molecule has 1 aliphatic heterocycles. The maximum atomic E-state index is 10.5. The van der Waals surface area contributed by atoms with Gasteiger partial charge in [-0.3, -0.25) is 5.32 Å². The number of phenolic OH excluding ortho intramolecular Hbond substituents is 1. The van der Waals surface area contributed by atoms with E-state index >= 15 is 0 Å². The topological polar surface area (TPSA) is 169 Å². The molecule has 0 bridgehead atoms. The number of nitrogens with one attached hydrogen (secondary N) is 2. The summed E-state index contributed by atoms with van der Waals surface area (Å²) in [5.74, 6) is 0.00609. The predicted octanol–water partition coefficient (Wildman–Crippen LogP) is 2.18. The van der Waals surface area contributed by atoms with E-state index in [9.17, 15) is 10.4 Å². The fourth-order valence-corrected chi connectivity index (χ4v) is 3.31. The molecule has 0 saturated carbocycles. The number of anilines is 3. The van der Waals surface area contributed by atoms with Crippen molar-refractivity contribution in [2.45, 2.75) is 6.04 Å². The summed E-state index contributed by atoms with van der Waals surface area (Å²) in [7, 11) is 0. The molecule has 1 atom stereocenters. The van der Waals surface area contributed by atoms with Crippen LogP contribution in [0.15, 0.2) is 21.6 Å². The number of halogens is 2. The number of nitrogens with zero attached hydrogens (tertiary/aromatic N) is 4. The van der Waals surface area contributed by atoms with Gasteiger partial charge in [-0.05, 0) is 12.1 Å². The summed E-state index contributed by atoms with van der Waals surface area (Å²) < 4.78 is 0.507. The van der Waals surface area contributed by atoms with Gasteiger partial charge in [0.2, 0.25) is 5.96 Å². The number of aromatic nitrogens is 1. The summed E-state index contributed by atoms with van der Waals surface area (Å²) >= 11 is 9.39. The van der Waals surface area contributed by atoms with Crippen LogP contribution in [0.3, 0.4) is 0 Å². The summed E-state index contributed by atoms with van der Waals surface area (Å²) in [5, 5.41) is 33.9.